The Morgan fingerprint density at radius 1 is 1.16 bits per heavy atom. The quantitative estimate of drug-likeness (QED) is 0.793. The van der Waals surface area contributed by atoms with Gasteiger partial charge in [0.05, 0.1) is 0 Å². The molecule has 0 radical (unpaired) electrons. The van der Waals surface area contributed by atoms with Gasteiger partial charge in [-0.25, -0.2) is 0 Å². The molecule has 2 N–H and O–H groups in total. The molecule has 2 rings (SSSR count). The molecule has 0 aliphatic carbocycles. The Bertz CT molecular complexity index is 357. The molecular weight excluding hydrogens is 234 g/mol. The zero-order valence-corrected chi connectivity index (χ0v) is 12.1. The maximum absolute atomic E-state index is 6.60. The Morgan fingerprint density at radius 3 is 2.47 bits per heavy atom. The summed E-state index contributed by atoms with van der Waals surface area (Å²) in [5, 5.41) is 0. The van der Waals surface area contributed by atoms with Crippen LogP contribution in [0.4, 0.5) is 0 Å². The highest BCUT2D eigenvalue weighted by atomic mass is 16.5. The molecule has 106 valence electrons. The van der Waals surface area contributed by atoms with Crippen molar-refractivity contribution in [1.29, 1.82) is 0 Å². The van der Waals surface area contributed by atoms with E-state index < -0.39 is 0 Å². The minimum absolute atomic E-state index is 0.132. The van der Waals surface area contributed by atoms with Gasteiger partial charge in [-0.05, 0) is 24.8 Å². The standard InChI is InChI=1S/C17H27NO/c1-2-3-5-10-16(18)17(11-13-19-14-12-17)15-8-6-4-7-9-15/h4,6-9,16H,2-3,5,10-14,18H2,1H3. The van der Waals surface area contributed by atoms with Crippen LogP contribution < -0.4 is 5.73 Å². The monoisotopic (exact) mass is 261 g/mol. The van der Waals surface area contributed by atoms with E-state index in [1.807, 2.05) is 0 Å². The fourth-order valence-electron chi connectivity index (χ4n) is 3.27. The molecule has 1 aromatic carbocycles. The van der Waals surface area contributed by atoms with Crippen LogP contribution in [0.2, 0.25) is 0 Å². The summed E-state index contributed by atoms with van der Waals surface area (Å²) in [4.78, 5) is 0. The molecule has 1 aromatic rings. The Balaban J connectivity index is 2.15. The van der Waals surface area contributed by atoms with Crippen molar-refractivity contribution in [3.63, 3.8) is 0 Å². The Kier molecular flexibility index (Phi) is 5.41. The van der Waals surface area contributed by atoms with Crippen molar-refractivity contribution >= 4 is 0 Å². The average molecular weight is 261 g/mol. The Hall–Kier alpha value is -0.860. The van der Waals surface area contributed by atoms with Crippen LogP contribution in [0.1, 0.15) is 51.0 Å². The predicted molar refractivity (Wildman–Crippen MR) is 80.3 cm³/mol. The van der Waals surface area contributed by atoms with Gasteiger partial charge in [0.1, 0.15) is 0 Å². The summed E-state index contributed by atoms with van der Waals surface area (Å²) in [5.74, 6) is 0. The van der Waals surface area contributed by atoms with Crippen LogP contribution >= 0.6 is 0 Å². The second kappa shape index (κ2) is 7.06. The minimum atomic E-state index is 0.132. The fraction of sp³-hybridized carbons (Fsp3) is 0.647. The highest BCUT2D eigenvalue weighted by Gasteiger charge is 2.39. The van der Waals surface area contributed by atoms with Gasteiger partial charge in [-0.15, -0.1) is 0 Å². The molecule has 1 saturated heterocycles. The topological polar surface area (TPSA) is 35.2 Å². The summed E-state index contributed by atoms with van der Waals surface area (Å²) in [7, 11) is 0. The first kappa shape index (κ1) is 14.5. The number of benzene rings is 1. The van der Waals surface area contributed by atoms with Crippen LogP contribution in [0.5, 0.6) is 0 Å². The van der Waals surface area contributed by atoms with Crippen molar-refractivity contribution in [3.05, 3.63) is 35.9 Å². The van der Waals surface area contributed by atoms with Crippen molar-refractivity contribution in [2.45, 2.75) is 56.9 Å². The Morgan fingerprint density at radius 2 is 1.84 bits per heavy atom. The molecule has 1 unspecified atom stereocenters. The van der Waals surface area contributed by atoms with Gasteiger partial charge in [0.2, 0.25) is 0 Å². The Labute approximate surface area is 117 Å². The smallest absolute Gasteiger partial charge is 0.0475 e. The first-order chi connectivity index (χ1) is 9.29. The molecular formula is C17H27NO. The molecule has 1 fully saturated rings. The van der Waals surface area contributed by atoms with Gasteiger partial charge in [-0.2, -0.15) is 0 Å². The molecule has 2 nitrogen and oxygen atoms in total. The number of nitrogens with two attached hydrogens (primary N) is 1. The molecule has 0 amide bonds. The van der Waals surface area contributed by atoms with E-state index in [1.165, 1.54) is 24.8 Å². The van der Waals surface area contributed by atoms with Crippen LogP contribution in [0.3, 0.4) is 0 Å². The highest BCUT2D eigenvalue weighted by Crippen LogP contribution is 2.38. The third-order valence-corrected chi connectivity index (χ3v) is 4.56. The number of unbranched alkanes of at least 4 members (excludes halogenated alkanes) is 2. The van der Waals surface area contributed by atoms with Crippen LogP contribution in [0.25, 0.3) is 0 Å². The van der Waals surface area contributed by atoms with E-state index in [4.69, 9.17) is 10.5 Å². The highest BCUT2D eigenvalue weighted by molar-refractivity contribution is 5.28. The summed E-state index contributed by atoms with van der Waals surface area (Å²) in [6.45, 7) is 3.93. The number of hydrogen-bond acceptors (Lipinski definition) is 2. The first-order valence-electron chi connectivity index (χ1n) is 7.68. The molecule has 1 aliphatic rings. The first-order valence-corrected chi connectivity index (χ1v) is 7.68. The third-order valence-electron chi connectivity index (χ3n) is 4.56. The molecule has 2 heteroatoms. The SMILES string of the molecule is CCCCCC(N)C1(c2ccccc2)CCOCC1. The summed E-state index contributed by atoms with van der Waals surface area (Å²) in [6.07, 6.45) is 7.04. The molecule has 0 bridgehead atoms. The maximum atomic E-state index is 6.60. The van der Waals surface area contributed by atoms with Crippen molar-refractivity contribution in [2.75, 3.05) is 13.2 Å². The van der Waals surface area contributed by atoms with Crippen LogP contribution in [0.15, 0.2) is 30.3 Å². The molecule has 1 aliphatic heterocycles. The van der Waals surface area contributed by atoms with Crippen LogP contribution in [0, 0.1) is 0 Å². The van der Waals surface area contributed by atoms with E-state index in [-0.39, 0.29) is 11.5 Å². The van der Waals surface area contributed by atoms with Crippen molar-refractivity contribution in [1.82, 2.24) is 0 Å². The lowest BCUT2D eigenvalue weighted by molar-refractivity contribution is 0.0385. The average Bonchev–Trinajstić information content (AvgIpc) is 2.49. The lowest BCUT2D eigenvalue weighted by Crippen LogP contribution is -2.49. The van der Waals surface area contributed by atoms with Gasteiger partial charge in [0.25, 0.3) is 0 Å². The molecule has 1 atom stereocenters. The van der Waals surface area contributed by atoms with Crippen LogP contribution in [-0.4, -0.2) is 19.3 Å². The molecule has 19 heavy (non-hydrogen) atoms. The number of rotatable bonds is 6. The summed E-state index contributed by atoms with van der Waals surface area (Å²) >= 11 is 0. The van der Waals surface area contributed by atoms with Crippen molar-refractivity contribution in [2.24, 2.45) is 5.73 Å². The van der Waals surface area contributed by atoms with Gasteiger partial charge in [0, 0.05) is 24.7 Å². The summed E-state index contributed by atoms with van der Waals surface area (Å²) in [6, 6.07) is 11.1. The maximum Gasteiger partial charge on any atom is 0.0475 e. The van der Waals surface area contributed by atoms with Gasteiger partial charge in [-0.1, -0.05) is 56.5 Å². The number of ether oxygens (including phenoxy) is 1. The van der Waals surface area contributed by atoms with Crippen LogP contribution in [-0.2, 0) is 10.2 Å². The zero-order valence-electron chi connectivity index (χ0n) is 12.1. The summed E-state index contributed by atoms with van der Waals surface area (Å²) in [5.41, 5.74) is 8.14. The molecule has 1 heterocycles. The van der Waals surface area contributed by atoms with E-state index in [9.17, 15) is 0 Å². The molecule has 0 spiro atoms. The fourth-order valence-corrected chi connectivity index (χ4v) is 3.27. The third kappa shape index (κ3) is 3.37. The second-order valence-electron chi connectivity index (χ2n) is 5.74. The van der Waals surface area contributed by atoms with E-state index in [1.54, 1.807) is 0 Å². The molecule has 0 saturated carbocycles. The van der Waals surface area contributed by atoms with E-state index in [2.05, 4.69) is 37.3 Å². The van der Waals surface area contributed by atoms with Gasteiger partial charge < -0.3 is 10.5 Å². The number of hydrogen-bond donors (Lipinski definition) is 1. The summed E-state index contributed by atoms with van der Waals surface area (Å²) < 4.78 is 5.57. The second-order valence-corrected chi connectivity index (χ2v) is 5.74. The lowest BCUT2D eigenvalue weighted by Gasteiger charge is -2.42. The van der Waals surface area contributed by atoms with Gasteiger partial charge in [0.15, 0.2) is 0 Å². The van der Waals surface area contributed by atoms with E-state index >= 15 is 0 Å². The van der Waals surface area contributed by atoms with Crippen molar-refractivity contribution < 1.29 is 4.74 Å². The van der Waals surface area contributed by atoms with Gasteiger partial charge in [-0.3, -0.25) is 0 Å². The van der Waals surface area contributed by atoms with Gasteiger partial charge >= 0.3 is 0 Å². The lowest BCUT2D eigenvalue weighted by atomic mass is 9.68. The largest absolute Gasteiger partial charge is 0.381 e. The minimum Gasteiger partial charge on any atom is -0.381 e. The normalized spacial score (nSPS) is 20.1. The van der Waals surface area contributed by atoms with E-state index in [0.717, 1.165) is 32.5 Å². The predicted octanol–water partition coefficient (Wildman–Crippen LogP) is 3.64. The zero-order chi connectivity index (χ0) is 13.6. The van der Waals surface area contributed by atoms with Crippen molar-refractivity contribution in [3.8, 4) is 0 Å². The molecule has 0 aromatic heterocycles. The van der Waals surface area contributed by atoms with E-state index in [0.29, 0.717) is 0 Å².